The first kappa shape index (κ1) is 18.0. The third kappa shape index (κ3) is 6.99. The van der Waals surface area contributed by atoms with Gasteiger partial charge >= 0.3 is 5.97 Å². The highest BCUT2D eigenvalue weighted by atomic mass is 35.5. The molecule has 0 radical (unpaired) electrons. The molecule has 1 unspecified atom stereocenters. The van der Waals surface area contributed by atoms with Gasteiger partial charge in [0.1, 0.15) is 5.60 Å². The summed E-state index contributed by atoms with van der Waals surface area (Å²) in [4.78, 5) is 11.6. The van der Waals surface area contributed by atoms with E-state index in [1.165, 1.54) is 5.56 Å². The Morgan fingerprint density at radius 2 is 1.90 bits per heavy atom. The molecule has 0 aromatic heterocycles. The Morgan fingerprint density at radius 3 is 2.48 bits per heavy atom. The van der Waals surface area contributed by atoms with Gasteiger partial charge in [-0.2, -0.15) is 0 Å². The van der Waals surface area contributed by atoms with Crippen LogP contribution in [0.1, 0.15) is 71.3 Å². The van der Waals surface area contributed by atoms with Crippen LogP contribution in [0.3, 0.4) is 0 Å². The molecule has 118 valence electrons. The molecule has 2 nitrogen and oxygen atoms in total. The number of benzene rings is 1. The lowest BCUT2D eigenvalue weighted by atomic mass is 9.92. The number of halogens is 1. The lowest BCUT2D eigenvalue weighted by molar-refractivity contribution is -0.157. The third-order valence-electron chi connectivity index (χ3n) is 3.70. The first-order valence-corrected chi connectivity index (χ1v) is 8.19. The van der Waals surface area contributed by atoms with Crippen LogP contribution in [0.25, 0.3) is 0 Å². The molecule has 3 heteroatoms. The average molecular weight is 311 g/mol. The summed E-state index contributed by atoms with van der Waals surface area (Å²) in [7, 11) is 0. The van der Waals surface area contributed by atoms with Crippen molar-refractivity contribution in [2.24, 2.45) is 0 Å². The molecule has 0 fully saturated rings. The van der Waals surface area contributed by atoms with Crippen molar-refractivity contribution < 1.29 is 9.53 Å². The zero-order valence-electron chi connectivity index (χ0n) is 13.6. The summed E-state index contributed by atoms with van der Waals surface area (Å²) in [6.45, 7) is 8.20. The summed E-state index contributed by atoms with van der Waals surface area (Å²) < 4.78 is 5.53. The van der Waals surface area contributed by atoms with Gasteiger partial charge in [0.25, 0.3) is 0 Å². The molecule has 0 N–H and O–H groups in total. The van der Waals surface area contributed by atoms with Gasteiger partial charge in [-0.05, 0) is 63.1 Å². The second-order valence-electron chi connectivity index (χ2n) is 6.33. The van der Waals surface area contributed by atoms with Crippen LogP contribution in [0.5, 0.6) is 0 Å². The number of carbonyl (C=O) groups excluding carboxylic acids is 1. The van der Waals surface area contributed by atoms with Crippen molar-refractivity contribution in [3.63, 3.8) is 0 Å². The molecule has 0 bridgehead atoms. The zero-order chi connectivity index (χ0) is 15.9. The number of ether oxygens (including phenoxy) is 1. The molecule has 0 saturated heterocycles. The SMILES string of the molecule is CCCC(=O)OC(C)(C)CCCC(C)c1ccc(Cl)cc1. The van der Waals surface area contributed by atoms with Gasteiger partial charge in [0, 0.05) is 11.4 Å². The van der Waals surface area contributed by atoms with E-state index in [1.54, 1.807) is 0 Å². The van der Waals surface area contributed by atoms with Crippen molar-refractivity contribution in [3.8, 4) is 0 Å². The van der Waals surface area contributed by atoms with Gasteiger partial charge in [-0.3, -0.25) is 4.79 Å². The molecule has 1 aromatic carbocycles. The number of hydrogen-bond donors (Lipinski definition) is 0. The van der Waals surface area contributed by atoms with E-state index in [0.717, 1.165) is 30.7 Å². The average Bonchev–Trinajstić information content (AvgIpc) is 2.38. The van der Waals surface area contributed by atoms with Crippen LogP contribution in [0, 0.1) is 0 Å². The monoisotopic (exact) mass is 310 g/mol. The van der Waals surface area contributed by atoms with Crippen molar-refractivity contribution in [3.05, 3.63) is 34.9 Å². The van der Waals surface area contributed by atoms with Gasteiger partial charge in [-0.25, -0.2) is 0 Å². The van der Waals surface area contributed by atoms with Crippen LogP contribution in [-0.2, 0) is 9.53 Å². The van der Waals surface area contributed by atoms with E-state index in [9.17, 15) is 4.79 Å². The lowest BCUT2D eigenvalue weighted by Crippen LogP contribution is -2.28. The second-order valence-corrected chi connectivity index (χ2v) is 6.77. The summed E-state index contributed by atoms with van der Waals surface area (Å²) in [6.07, 6.45) is 4.35. The predicted octanol–water partition coefficient (Wildman–Crippen LogP) is 5.74. The number of rotatable bonds is 8. The molecule has 1 aromatic rings. The summed E-state index contributed by atoms with van der Waals surface area (Å²) in [5.74, 6) is 0.401. The van der Waals surface area contributed by atoms with Crippen molar-refractivity contribution in [2.45, 2.75) is 71.3 Å². The number of hydrogen-bond acceptors (Lipinski definition) is 2. The van der Waals surface area contributed by atoms with E-state index < -0.39 is 0 Å². The molecule has 0 aliphatic heterocycles. The van der Waals surface area contributed by atoms with Gasteiger partial charge in [-0.15, -0.1) is 0 Å². The van der Waals surface area contributed by atoms with Crippen molar-refractivity contribution in [1.82, 2.24) is 0 Å². The summed E-state index contributed by atoms with van der Waals surface area (Å²) in [5, 5.41) is 0.773. The quantitative estimate of drug-likeness (QED) is 0.573. The minimum Gasteiger partial charge on any atom is -0.460 e. The normalized spacial score (nSPS) is 13.0. The van der Waals surface area contributed by atoms with Gasteiger partial charge in [-0.1, -0.05) is 37.6 Å². The Balaban J connectivity index is 2.37. The predicted molar refractivity (Wildman–Crippen MR) is 88.8 cm³/mol. The van der Waals surface area contributed by atoms with E-state index in [-0.39, 0.29) is 11.6 Å². The maximum absolute atomic E-state index is 11.6. The fourth-order valence-electron chi connectivity index (χ4n) is 2.41. The van der Waals surface area contributed by atoms with E-state index in [2.05, 4.69) is 19.1 Å². The standard InChI is InChI=1S/C18H27ClO2/c1-5-7-17(20)21-18(3,4)13-6-8-14(2)15-9-11-16(19)12-10-15/h9-12,14H,5-8,13H2,1-4H3. The highest BCUT2D eigenvalue weighted by molar-refractivity contribution is 6.30. The second kappa shape index (κ2) is 8.43. The zero-order valence-corrected chi connectivity index (χ0v) is 14.4. The largest absolute Gasteiger partial charge is 0.460 e. The Labute approximate surface area is 133 Å². The van der Waals surface area contributed by atoms with Gasteiger partial charge in [0.2, 0.25) is 0 Å². The summed E-state index contributed by atoms with van der Waals surface area (Å²) >= 11 is 5.91. The van der Waals surface area contributed by atoms with E-state index >= 15 is 0 Å². The van der Waals surface area contributed by atoms with Crippen LogP contribution in [0.2, 0.25) is 5.02 Å². The van der Waals surface area contributed by atoms with Crippen LogP contribution in [0.15, 0.2) is 24.3 Å². The summed E-state index contributed by atoms with van der Waals surface area (Å²) in [6, 6.07) is 8.03. The topological polar surface area (TPSA) is 26.3 Å². The molecule has 0 heterocycles. The third-order valence-corrected chi connectivity index (χ3v) is 3.95. The molecule has 0 saturated carbocycles. The molecular weight excluding hydrogens is 284 g/mol. The van der Waals surface area contributed by atoms with Crippen LogP contribution in [-0.4, -0.2) is 11.6 Å². The molecule has 0 spiro atoms. The number of esters is 1. The van der Waals surface area contributed by atoms with E-state index in [4.69, 9.17) is 16.3 Å². The molecule has 0 aliphatic rings. The van der Waals surface area contributed by atoms with Crippen molar-refractivity contribution in [1.29, 1.82) is 0 Å². The Kier molecular flexibility index (Phi) is 7.24. The minimum atomic E-state index is -0.369. The maximum Gasteiger partial charge on any atom is 0.306 e. The molecule has 21 heavy (non-hydrogen) atoms. The van der Waals surface area contributed by atoms with Crippen LogP contribution < -0.4 is 0 Å². The molecular formula is C18H27ClO2. The summed E-state index contributed by atoms with van der Waals surface area (Å²) in [5.41, 5.74) is 0.937. The highest BCUT2D eigenvalue weighted by Gasteiger charge is 2.22. The van der Waals surface area contributed by atoms with Gasteiger partial charge < -0.3 is 4.74 Å². The molecule has 1 atom stereocenters. The maximum atomic E-state index is 11.6. The van der Waals surface area contributed by atoms with E-state index in [0.29, 0.717) is 12.3 Å². The Morgan fingerprint density at radius 1 is 1.29 bits per heavy atom. The first-order valence-electron chi connectivity index (χ1n) is 7.81. The minimum absolute atomic E-state index is 0.0896. The van der Waals surface area contributed by atoms with Crippen molar-refractivity contribution >= 4 is 17.6 Å². The molecule has 0 aliphatic carbocycles. The van der Waals surface area contributed by atoms with Crippen molar-refractivity contribution in [2.75, 3.05) is 0 Å². The molecule has 1 rings (SSSR count). The van der Waals surface area contributed by atoms with E-state index in [1.807, 2.05) is 32.9 Å². The molecule has 0 amide bonds. The highest BCUT2D eigenvalue weighted by Crippen LogP contribution is 2.26. The lowest BCUT2D eigenvalue weighted by Gasteiger charge is -2.25. The Bertz CT molecular complexity index is 437. The fraction of sp³-hybridized carbons (Fsp3) is 0.611. The van der Waals surface area contributed by atoms with Gasteiger partial charge in [0.05, 0.1) is 0 Å². The van der Waals surface area contributed by atoms with Crippen LogP contribution in [0.4, 0.5) is 0 Å². The fourth-order valence-corrected chi connectivity index (χ4v) is 2.53. The number of carbonyl (C=O) groups is 1. The van der Waals surface area contributed by atoms with Gasteiger partial charge in [0.15, 0.2) is 0 Å². The Hall–Kier alpha value is -1.02. The smallest absolute Gasteiger partial charge is 0.306 e. The van der Waals surface area contributed by atoms with Crippen LogP contribution >= 0.6 is 11.6 Å². The first-order chi connectivity index (χ1) is 9.84.